The van der Waals surface area contributed by atoms with Crippen molar-refractivity contribution < 1.29 is 17.9 Å². The molecule has 1 heterocycles. The topological polar surface area (TPSA) is 80.8 Å². The van der Waals surface area contributed by atoms with Gasteiger partial charge in [-0.05, 0) is 30.7 Å². The summed E-state index contributed by atoms with van der Waals surface area (Å²) in [5.74, 6) is 1.61. The summed E-state index contributed by atoms with van der Waals surface area (Å²) in [5, 5.41) is 0. The van der Waals surface area contributed by atoms with Gasteiger partial charge in [0, 0.05) is 19.7 Å². The van der Waals surface area contributed by atoms with Crippen LogP contribution in [0, 0.1) is 0 Å². The number of nitrogens with zero attached hydrogens (tertiary/aromatic N) is 2. The van der Waals surface area contributed by atoms with Gasteiger partial charge in [0.1, 0.15) is 5.82 Å². The Kier molecular flexibility index (Phi) is 6.68. The molecule has 1 N–H and O–H groups in total. The highest BCUT2D eigenvalue weighted by Gasteiger charge is 2.17. The van der Waals surface area contributed by atoms with E-state index in [-0.39, 0.29) is 4.90 Å². The summed E-state index contributed by atoms with van der Waals surface area (Å²) in [6, 6.07) is 7.92. The predicted molar refractivity (Wildman–Crippen MR) is 103 cm³/mol. The number of methoxy groups -OCH3 is 2. The van der Waals surface area contributed by atoms with Gasteiger partial charge in [0.05, 0.1) is 31.0 Å². The average Bonchev–Trinajstić information content (AvgIpc) is 2.65. The first-order chi connectivity index (χ1) is 12.4. The van der Waals surface area contributed by atoms with E-state index in [9.17, 15) is 8.42 Å². The molecule has 1 aromatic heterocycles. The van der Waals surface area contributed by atoms with E-state index in [1.54, 1.807) is 18.2 Å². The monoisotopic (exact) mass is 379 g/mol. The molecule has 0 atom stereocenters. The van der Waals surface area contributed by atoms with E-state index in [0.29, 0.717) is 17.2 Å². The summed E-state index contributed by atoms with van der Waals surface area (Å²) in [6.45, 7) is 3.04. The molecule has 0 aliphatic rings. The molecule has 0 bridgehead atoms. The normalized spacial score (nSPS) is 11.1. The number of hydrogen-bond donors (Lipinski definition) is 1. The van der Waals surface area contributed by atoms with Crippen molar-refractivity contribution in [2.45, 2.75) is 24.7 Å². The van der Waals surface area contributed by atoms with Gasteiger partial charge in [-0.1, -0.05) is 13.3 Å². The lowest BCUT2D eigenvalue weighted by atomic mass is 10.3. The summed E-state index contributed by atoms with van der Waals surface area (Å²) in [5.41, 5.74) is 0.396. The summed E-state index contributed by atoms with van der Waals surface area (Å²) in [4.78, 5) is 6.45. The van der Waals surface area contributed by atoms with Gasteiger partial charge in [-0.2, -0.15) is 0 Å². The van der Waals surface area contributed by atoms with Crippen molar-refractivity contribution in [2.75, 3.05) is 37.4 Å². The molecular formula is C18H25N3O4S. The Morgan fingerprint density at radius 3 is 2.42 bits per heavy atom. The van der Waals surface area contributed by atoms with Crippen molar-refractivity contribution in [3.63, 3.8) is 0 Å². The molecule has 1 aromatic carbocycles. The van der Waals surface area contributed by atoms with Crippen molar-refractivity contribution in [1.82, 2.24) is 4.98 Å². The summed E-state index contributed by atoms with van der Waals surface area (Å²) in [7, 11) is 1.16. The van der Waals surface area contributed by atoms with Crippen molar-refractivity contribution in [2.24, 2.45) is 0 Å². The minimum absolute atomic E-state index is 0.0827. The van der Waals surface area contributed by atoms with Crippen LogP contribution in [0.25, 0.3) is 0 Å². The quantitative estimate of drug-likeness (QED) is 0.721. The molecule has 8 heteroatoms. The molecule has 0 saturated heterocycles. The van der Waals surface area contributed by atoms with E-state index in [4.69, 9.17) is 9.47 Å². The van der Waals surface area contributed by atoms with E-state index in [0.717, 1.165) is 25.2 Å². The minimum Gasteiger partial charge on any atom is -0.493 e. The van der Waals surface area contributed by atoms with Crippen molar-refractivity contribution in [3.05, 3.63) is 36.5 Å². The molecule has 0 unspecified atom stereocenters. The molecule has 0 amide bonds. The van der Waals surface area contributed by atoms with E-state index < -0.39 is 10.0 Å². The molecule has 0 aliphatic heterocycles. The fourth-order valence-electron chi connectivity index (χ4n) is 2.38. The van der Waals surface area contributed by atoms with Crippen LogP contribution >= 0.6 is 0 Å². The zero-order chi connectivity index (χ0) is 19.2. The smallest absolute Gasteiger partial charge is 0.262 e. The van der Waals surface area contributed by atoms with Gasteiger partial charge in [-0.3, -0.25) is 4.72 Å². The number of pyridine rings is 1. The van der Waals surface area contributed by atoms with Crippen LogP contribution in [0.2, 0.25) is 0 Å². The lowest BCUT2D eigenvalue weighted by Crippen LogP contribution is -2.19. The van der Waals surface area contributed by atoms with Crippen LogP contribution in [0.4, 0.5) is 11.5 Å². The maximum Gasteiger partial charge on any atom is 0.262 e. The number of aromatic nitrogens is 1. The van der Waals surface area contributed by atoms with Gasteiger partial charge in [0.15, 0.2) is 11.5 Å². The van der Waals surface area contributed by atoms with Crippen LogP contribution in [-0.4, -0.2) is 41.2 Å². The standard InChI is InChI=1S/C18H25N3O4S/c1-5-6-11-21(2)18-10-7-14(13-19-18)20-26(22,23)15-8-9-16(24-3)17(12-15)25-4/h7-10,12-13,20H,5-6,11H2,1-4H3. The number of sulfonamides is 1. The zero-order valence-electron chi connectivity index (χ0n) is 15.5. The first-order valence-corrected chi connectivity index (χ1v) is 9.81. The second kappa shape index (κ2) is 8.75. The molecule has 0 aliphatic carbocycles. The van der Waals surface area contributed by atoms with Crippen molar-refractivity contribution >= 4 is 21.5 Å². The third-order valence-electron chi connectivity index (χ3n) is 3.90. The van der Waals surface area contributed by atoms with Crippen LogP contribution in [0.5, 0.6) is 11.5 Å². The SMILES string of the molecule is CCCCN(C)c1ccc(NS(=O)(=O)c2ccc(OC)c(OC)c2)cn1. The molecule has 0 spiro atoms. The van der Waals surface area contributed by atoms with Gasteiger partial charge in [-0.15, -0.1) is 0 Å². The largest absolute Gasteiger partial charge is 0.493 e. The van der Waals surface area contributed by atoms with Crippen LogP contribution in [-0.2, 0) is 10.0 Å². The Bertz CT molecular complexity index is 823. The highest BCUT2D eigenvalue weighted by Crippen LogP contribution is 2.30. The van der Waals surface area contributed by atoms with Gasteiger partial charge in [0.25, 0.3) is 10.0 Å². The van der Waals surface area contributed by atoms with E-state index in [1.807, 2.05) is 11.9 Å². The Labute approximate surface area is 155 Å². The average molecular weight is 379 g/mol. The van der Waals surface area contributed by atoms with Crippen LogP contribution in [0.3, 0.4) is 0 Å². The van der Waals surface area contributed by atoms with Crippen molar-refractivity contribution in [1.29, 1.82) is 0 Å². The summed E-state index contributed by atoms with van der Waals surface area (Å²) < 4.78 is 38.0. The third-order valence-corrected chi connectivity index (χ3v) is 5.28. The lowest BCUT2D eigenvalue weighted by molar-refractivity contribution is 0.354. The Balaban J connectivity index is 2.16. The van der Waals surface area contributed by atoms with E-state index in [1.165, 1.54) is 32.5 Å². The highest BCUT2D eigenvalue weighted by atomic mass is 32.2. The number of nitrogens with one attached hydrogen (secondary N) is 1. The Hall–Kier alpha value is -2.48. The Morgan fingerprint density at radius 1 is 1.12 bits per heavy atom. The zero-order valence-corrected chi connectivity index (χ0v) is 16.3. The molecule has 26 heavy (non-hydrogen) atoms. The minimum atomic E-state index is -3.76. The number of hydrogen-bond acceptors (Lipinski definition) is 6. The van der Waals surface area contributed by atoms with E-state index in [2.05, 4.69) is 16.6 Å². The van der Waals surface area contributed by atoms with Crippen LogP contribution in [0.1, 0.15) is 19.8 Å². The number of unbranched alkanes of at least 4 members (excludes halogenated alkanes) is 1. The number of benzene rings is 1. The molecule has 0 fully saturated rings. The summed E-state index contributed by atoms with van der Waals surface area (Å²) >= 11 is 0. The molecule has 142 valence electrons. The second-order valence-corrected chi connectivity index (χ2v) is 7.48. The maximum atomic E-state index is 12.6. The number of ether oxygens (including phenoxy) is 2. The molecule has 2 aromatic rings. The van der Waals surface area contributed by atoms with Crippen LogP contribution in [0.15, 0.2) is 41.4 Å². The Morgan fingerprint density at radius 2 is 1.85 bits per heavy atom. The number of rotatable bonds is 9. The molecule has 0 saturated carbocycles. The lowest BCUT2D eigenvalue weighted by Gasteiger charge is -2.18. The maximum absolute atomic E-state index is 12.6. The van der Waals surface area contributed by atoms with Gasteiger partial charge in [-0.25, -0.2) is 13.4 Å². The van der Waals surface area contributed by atoms with Gasteiger partial charge in [0.2, 0.25) is 0 Å². The van der Waals surface area contributed by atoms with E-state index >= 15 is 0 Å². The third kappa shape index (κ3) is 4.78. The highest BCUT2D eigenvalue weighted by molar-refractivity contribution is 7.92. The van der Waals surface area contributed by atoms with Gasteiger partial charge < -0.3 is 14.4 Å². The second-order valence-electron chi connectivity index (χ2n) is 5.80. The van der Waals surface area contributed by atoms with Crippen molar-refractivity contribution in [3.8, 4) is 11.5 Å². The number of anilines is 2. The van der Waals surface area contributed by atoms with Gasteiger partial charge >= 0.3 is 0 Å². The molecule has 2 rings (SSSR count). The molecule has 0 radical (unpaired) electrons. The fraction of sp³-hybridized carbons (Fsp3) is 0.389. The summed E-state index contributed by atoms with van der Waals surface area (Å²) in [6.07, 6.45) is 3.69. The fourth-order valence-corrected chi connectivity index (χ4v) is 3.44. The first kappa shape index (κ1) is 19.8. The first-order valence-electron chi connectivity index (χ1n) is 8.33. The molecular weight excluding hydrogens is 354 g/mol. The van der Waals surface area contributed by atoms with Crippen LogP contribution < -0.4 is 19.1 Å². The molecule has 7 nitrogen and oxygen atoms in total. The predicted octanol–water partition coefficient (Wildman–Crippen LogP) is 3.14.